The van der Waals surface area contributed by atoms with Crippen molar-refractivity contribution < 1.29 is 0 Å². The minimum absolute atomic E-state index is 1.05. The Balaban J connectivity index is 2.26. The Morgan fingerprint density at radius 1 is 0.600 bits per heavy atom. The van der Waals surface area contributed by atoms with Crippen LogP contribution in [0.5, 0.6) is 0 Å². The quantitative estimate of drug-likeness (QED) is 0.205. The van der Waals surface area contributed by atoms with E-state index in [4.69, 9.17) is 0 Å². The standard InChI is InChI=1S/C24H49B/c1-3-5-7-9-12-16-20-23(19-15-11-8-6-4-2)25-24-21-17-13-10-14-18-22-24/h23-25H,3-22H2,1-2H3. The minimum Gasteiger partial charge on any atom is -0.0654 e. The fourth-order valence-corrected chi connectivity index (χ4v) is 4.88. The van der Waals surface area contributed by atoms with Gasteiger partial charge in [-0.25, -0.2) is 0 Å². The van der Waals surface area contributed by atoms with Crippen molar-refractivity contribution in [2.75, 3.05) is 0 Å². The second-order valence-electron chi connectivity index (χ2n) is 9.07. The highest BCUT2D eigenvalue weighted by atomic mass is 14.1. The van der Waals surface area contributed by atoms with Crippen molar-refractivity contribution in [3.8, 4) is 0 Å². The molecule has 25 heavy (non-hydrogen) atoms. The van der Waals surface area contributed by atoms with Crippen LogP contribution in [0.1, 0.15) is 142 Å². The van der Waals surface area contributed by atoms with Crippen molar-refractivity contribution >= 4 is 7.28 Å². The van der Waals surface area contributed by atoms with E-state index < -0.39 is 0 Å². The summed E-state index contributed by atoms with van der Waals surface area (Å²) in [7, 11) is 1.57. The SMILES string of the molecule is CCCCCCCCC(BC1CCCCCCC1)CCCCCCC. The predicted octanol–water partition coefficient (Wildman–Crippen LogP) is 8.86. The van der Waals surface area contributed by atoms with E-state index in [1.165, 1.54) is 116 Å². The molecule has 1 heteroatoms. The van der Waals surface area contributed by atoms with Gasteiger partial charge in [-0.2, -0.15) is 0 Å². The maximum Gasteiger partial charge on any atom is 0.127 e. The lowest BCUT2D eigenvalue weighted by molar-refractivity contribution is 0.489. The molecule has 0 bridgehead atoms. The van der Waals surface area contributed by atoms with E-state index in [2.05, 4.69) is 13.8 Å². The Kier molecular flexibility index (Phi) is 16.2. The minimum atomic E-state index is 1.05. The predicted molar refractivity (Wildman–Crippen MR) is 118 cm³/mol. The third-order valence-corrected chi connectivity index (χ3v) is 6.57. The highest BCUT2D eigenvalue weighted by molar-refractivity contribution is 6.39. The Morgan fingerprint density at radius 3 is 1.56 bits per heavy atom. The molecule has 1 aliphatic carbocycles. The van der Waals surface area contributed by atoms with Gasteiger partial charge in [-0.1, -0.05) is 154 Å². The van der Waals surface area contributed by atoms with Gasteiger partial charge in [0.1, 0.15) is 7.28 Å². The van der Waals surface area contributed by atoms with E-state index in [0.29, 0.717) is 0 Å². The fourth-order valence-electron chi connectivity index (χ4n) is 4.88. The maximum absolute atomic E-state index is 2.33. The molecule has 1 atom stereocenters. The highest BCUT2D eigenvalue weighted by Crippen LogP contribution is 2.33. The average molecular weight is 348 g/mol. The second kappa shape index (κ2) is 17.5. The molecule has 0 aliphatic heterocycles. The van der Waals surface area contributed by atoms with Gasteiger partial charge in [0.05, 0.1) is 0 Å². The summed E-state index contributed by atoms with van der Waals surface area (Å²) in [4.78, 5) is 0. The molecule has 0 N–H and O–H groups in total. The molecular formula is C24H49B. The van der Waals surface area contributed by atoms with Crippen molar-refractivity contribution in [3.63, 3.8) is 0 Å². The van der Waals surface area contributed by atoms with Crippen LogP contribution in [-0.4, -0.2) is 7.28 Å². The summed E-state index contributed by atoms with van der Waals surface area (Å²) < 4.78 is 0. The Morgan fingerprint density at radius 2 is 1.04 bits per heavy atom. The van der Waals surface area contributed by atoms with Gasteiger partial charge in [0, 0.05) is 0 Å². The lowest BCUT2D eigenvalue weighted by Gasteiger charge is -2.24. The molecule has 0 aromatic rings. The van der Waals surface area contributed by atoms with Crippen molar-refractivity contribution in [2.24, 2.45) is 0 Å². The smallest absolute Gasteiger partial charge is 0.0654 e. The molecule has 0 amide bonds. The Hall–Kier alpha value is 0.0649. The zero-order valence-electron chi connectivity index (χ0n) is 18.0. The molecule has 0 nitrogen and oxygen atoms in total. The normalized spacial score (nSPS) is 17.8. The highest BCUT2D eigenvalue weighted by Gasteiger charge is 2.19. The molecule has 1 fully saturated rings. The van der Waals surface area contributed by atoms with Crippen LogP contribution >= 0.6 is 0 Å². The molecule has 1 unspecified atom stereocenters. The molecule has 148 valence electrons. The van der Waals surface area contributed by atoms with Crippen LogP contribution in [0.3, 0.4) is 0 Å². The number of unbranched alkanes of at least 4 members (excludes halogenated alkanes) is 9. The largest absolute Gasteiger partial charge is 0.127 e. The summed E-state index contributed by atoms with van der Waals surface area (Å²) in [6, 6.07) is 0. The van der Waals surface area contributed by atoms with E-state index in [-0.39, 0.29) is 0 Å². The van der Waals surface area contributed by atoms with Crippen LogP contribution in [0.4, 0.5) is 0 Å². The maximum atomic E-state index is 2.33. The van der Waals surface area contributed by atoms with Gasteiger partial charge < -0.3 is 0 Å². The third-order valence-electron chi connectivity index (χ3n) is 6.57. The molecule has 0 heterocycles. The van der Waals surface area contributed by atoms with Gasteiger partial charge >= 0.3 is 0 Å². The summed E-state index contributed by atoms with van der Waals surface area (Å²) in [5.74, 6) is 2.12. The first-order chi connectivity index (χ1) is 12.4. The van der Waals surface area contributed by atoms with Gasteiger partial charge in [0.2, 0.25) is 0 Å². The molecule has 1 saturated carbocycles. The fraction of sp³-hybridized carbons (Fsp3) is 1.00. The average Bonchev–Trinajstić information content (AvgIpc) is 2.59. The van der Waals surface area contributed by atoms with Crippen LogP contribution < -0.4 is 0 Å². The van der Waals surface area contributed by atoms with Crippen molar-refractivity contribution in [2.45, 2.75) is 154 Å². The van der Waals surface area contributed by atoms with Gasteiger partial charge in [-0.15, -0.1) is 0 Å². The Labute approximate surface area is 161 Å². The molecule has 0 aromatic carbocycles. The summed E-state index contributed by atoms with van der Waals surface area (Å²) in [6.45, 7) is 4.65. The zero-order chi connectivity index (χ0) is 18.0. The summed E-state index contributed by atoms with van der Waals surface area (Å²) >= 11 is 0. The van der Waals surface area contributed by atoms with E-state index in [1.807, 2.05) is 0 Å². The van der Waals surface area contributed by atoms with Gasteiger partial charge in [-0.3, -0.25) is 0 Å². The second-order valence-corrected chi connectivity index (χ2v) is 9.07. The van der Waals surface area contributed by atoms with Crippen LogP contribution in [0, 0.1) is 0 Å². The molecule has 1 rings (SSSR count). The first kappa shape index (κ1) is 23.1. The topological polar surface area (TPSA) is 0 Å². The molecule has 0 saturated heterocycles. The molecule has 0 aromatic heterocycles. The van der Waals surface area contributed by atoms with Crippen LogP contribution in [0.25, 0.3) is 0 Å². The molecule has 1 aliphatic rings. The number of hydrogen-bond acceptors (Lipinski definition) is 0. The van der Waals surface area contributed by atoms with Gasteiger partial charge in [0.15, 0.2) is 0 Å². The lowest BCUT2D eigenvalue weighted by Crippen LogP contribution is -2.13. The van der Waals surface area contributed by atoms with E-state index in [0.717, 1.165) is 11.6 Å². The van der Waals surface area contributed by atoms with Crippen LogP contribution in [0.2, 0.25) is 11.6 Å². The van der Waals surface area contributed by atoms with Gasteiger partial charge in [0.25, 0.3) is 0 Å². The lowest BCUT2D eigenvalue weighted by atomic mass is 9.50. The number of rotatable bonds is 15. The van der Waals surface area contributed by atoms with E-state index >= 15 is 0 Å². The summed E-state index contributed by atoms with van der Waals surface area (Å²) in [5, 5.41) is 0. The first-order valence-corrected chi connectivity index (χ1v) is 12.4. The monoisotopic (exact) mass is 348 g/mol. The van der Waals surface area contributed by atoms with Gasteiger partial charge in [-0.05, 0) is 0 Å². The molecule has 0 spiro atoms. The van der Waals surface area contributed by atoms with Crippen LogP contribution in [-0.2, 0) is 0 Å². The molecular weight excluding hydrogens is 299 g/mol. The Bertz CT molecular complexity index is 255. The third kappa shape index (κ3) is 13.9. The summed E-state index contributed by atoms with van der Waals surface area (Å²) in [5.41, 5.74) is 0. The van der Waals surface area contributed by atoms with Crippen molar-refractivity contribution in [1.82, 2.24) is 0 Å². The first-order valence-electron chi connectivity index (χ1n) is 12.4. The molecule has 0 radical (unpaired) electrons. The van der Waals surface area contributed by atoms with Crippen molar-refractivity contribution in [3.05, 3.63) is 0 Å². The van der Waals surface area contributed by atoms with E-state index in [1.54, 1.807) is 20.1 Å². The zero-order valence-corrected chi connectivity index (χ0v) is 18.0. The van der Waals surface area contributed by atoms with Crippen LogP contribution in [0.15, 0.2) is 0 Å². The van der Waals surface area contributed by atoms with E-state index in [9.17, 15) is 0 Å². The van der Waals surface area contributed by atoms with Crippen molar-refractivity contribution in [1.29, 1.82) is 0 Å². The number of hydrogen-bond donors (Lipinski definition) is 0. The summed E-state index contributed by atoms with van der Waals surface area (Å²) in [6.07, 6.45) is 29.8.